The minimum absolute atomic E-state index is 0.101. The van der Waals surface area contributed by atoms with Crippen molar-refractivity contribution in [3.05, 3.63) is 59.2 Å². The van der Waals surface area contributed by atoms with Gasteiger partial charge in [-0.2, -0.15) is 0 Å². The van der Waals surface area contributed by atoms with E-state index in [4.69, 9.17) is 6.42 Å². The third-order valence-electron chi connectivity index (χ3n) is 5.44. The summed E-state index contributed by atoms with van der Waals surface area (Å²) in [5.74, 6) is 3.26. The average Bonchev–Trinajstić information content (AvgIpc) is 2.78. The van der Waals surface area contributed by atoms with Gasteiger partial charge in [-0.3, -0.25) is 9.59 Å². The Hall–Kier alpha value is -3.20. The number of rotatable bonds is 7. The summed E-state index contributed by atoms with van der Waals surface area (Å²) >= 11 is 0. The Morgan fingerprint density at radius 2 is 1.97 bits per heavy atom. The molecular weight excluding hydrogens is 376 g/mol. The van der Waals surface area contributed by atoms with Gasteiger partial charge >= 0.3 is 0 Å². The van der Waals surface area contributed by atoms with E-state index in [1.165, 1.54) is 5.56 Å². The van der Waals surface area contributed by atoms with E-state index in [1.807, 2.05) is 42.2 Å². The van der Waals surface area contributed by atoms with Crippen LogP contribution in [0.1, 0.15) is 59.0 Å². The van der Waals surface area contributed by atoms with Crippen molar-refractivity contribution in [3.63, 3.8) is 0 Å². The Bertz CT molecular complexity index is 913. The van der Waals surface area contributed by atoms with Gasteiger partial charge < -0.3 is 10.2 Å². The number of piperidine rings is 1. The number of nitrogens with one attached hydrogen (secondary N) is 1. The van der Waals surface area contributed by atoms with Crippen molar-refractivity contribution in [2.45, 2.75) is 44.9 Å². The van der Waals surface area contributed by atoms with Crippen molar-refractivity contribution in [3.8, 4) is 12.3 Å². The molecule has 1 saturated heterocycles. The van der Waals surface area contributed by atoms with Crippen LogP contribution in [0, 0.1) is 19.3 Å². The summed E-state index contributed by atoms with van der Waals surface area (Å²) in [6.07, 6.45) is 10.1. The lowest BCUT2D eigenvalue weighted by Gasteiger charge is -2.32. The van der Waals surface area contributed by atoms with Gasteiger partial charge in [-0.15, -0.1) is 12.3 Å². The van der Waals surface area contributed by atoms with E-state index in [1.54, 1.807) is 6.20 Å². The Labute approximate surface area is 178 Å². The molecule has 0 aliphatic carbocycles. The first-order valence-electron chi connectivity index (χ1n) is 10.5. The summed E-state index contributed by atoms with van der Waals surface area (Å²) in [6.45, 7) is 3.70. The molecule has 6 nitrogen and oxygen atoms in total. The zero-order valence-corrected chi connectivity index (χ0v) is 17.4. The molecule has 30 heavy (non-hydrogen) atoms. The number of carbonyl (C=O) groups is 2. The zero-order valence-electron chi connectivity index (χ0n) is 17.4. The van der Waals surface area contributed by atoms with Crippen LogP contribution in [0.25, 0.3) is 0 Å². The zero-order chi connectivity index (χ0) is 21.3. The van der Waals surface area contributed by atoms with E-state index in [0.717, 1.165) is 25.0 Å². The van der Waals surface area contributed by atoms with E-state index in [2.05, 4.69) is 21.2 Å². The number of aromatic nitrogens is 2. The number of hydrogen-bond acceptors (Lipinski definition) is 4. The summed E-state index contributed by atoms with van der Waals surface area (Å²) in [5.41, 5.74) is 2.50. The number of aryl methyl sites for hydroxylation is 1. The van der Waals surface area contributed by atoms with E-state index < -0.39 is 0 Å². The summed E-state index contributed by atoms with van der Waals surface area (Å²) in [7, 11) is 0. The van der Waals surface area contributed by atoms with Crippen molar-refractivity contribution in [2.75, 3.05) is 19.6 Å². The second-order valence-corrected chi connectivity index (χ2v) is 7.57. The Kier molecular flexibility index (Phi) is 7.56. The van der Waals surface area contributed by atoms with Crippen molar-refractivity contribution >= 4 is 11.8 Å². The van der Waals surface area contributed by atoms with Crippen LogP contribution < -0.4 is 5.32 Å². The third kappa shape index (κ3) is 5.66. The van der Waals surface area contributed by atoms with Gasteiger partial charge in [0.15, 0.2) is 0 Å². The van der Waals surface area contributed by atoms with Gasteiger partial charge in [0.1, 0.15) is 5.82 Å². The number of carbonyl (C=O) groups excluding carboxylic acids is 2. The van der Waals surface area contributed by atoms with Crippen molar-refractivity contribution in [1.82, 2.24) is 20.2 Å². The molecule has 3 rings (SSSR count). The molecule has 2 aromatic rings. The van der Waals surface area contributed by atoms with Crippen LogP contribution in [-0.2, 0) is 11.2 Å². The smallest absolute Gasteiger partial charge is 0.254 e. The minimum atomic E-state index is -0.145. The third-order valence-corrected chi connectivity index (χ3v) is 5.44. The second-order valence-electron chi connectivity index (χ2n) is 7.57. The summed E-state index contributed by atoms with van der Waals surface area (Å²) < 4.78 is 0. The molecule has 1 fully saturated rings. The van der Waals surface area contributed by atoms with Crippen molar-refractivity contribution in [1.29, 1.82) is 0 Å². The molecule has 1 aromatic carbocycles. The number of terminal acetylenes is 1. The normalized spacial score (nSPS) is 14.2. The molecule has 0 saturated carbocycles. The topological polar surface area (TPSA) is 75.2 Å². The Morgan fingerprint density at radius 1 is 1.23 bits per heavy atom. The molecule has 0 unspecified atom stereocenters. The Balaban J connectivity index is 1.62. The van der Waals surface area contributed by atoms with E-state index >= 15 is 0 Å². The number of hydrogen-bond donors (Lipinski definition) is 1. The highest BCUT2D eigenvalue weighted by Gasteiger charge is 2.28. The first-order chi connectivity index (χ1) is 14.6. The number of likely N-dealkylation sites (tertiary alicyclic amines) is 1. The summed E-state index contributed by atoms with van der Waals surface area (Å²) in [5, 5.41) is 2.99. The maximum atomic E-state index is 12.8. The van der Waals surface area contributed by atoms with Crippen LogP contribution in [0.3, 0.4) is 0 Å². The maximum absolute atomic E-state index is 12.8. The first kappa shape index (κ1) is 21.5. The van der Waals surface area contributed by atoms with Crippen LogP contribution in [0.5, 0.6) is 0 Å². The monoisotopic (exact) mass is 404 g/mol. The predicted molar refractivity (Wildman–Crippen MR) is 116 cm³/mol. The van der Waals surface area contributed by atoms with Crippen LogP contribution in [0.4, 0.5) is 0 Å². The highest BCUT2D eigenvalue weighted by Crippen LogP contribution is 2.29. The molecule has 1 aliphatic heterocycles. The lowest BCUT2D eigenvalue weighted by Crippen LogP contribution is -2.38. The van der Waals surface area contributed by atoms with Crippen molar-refractivity contribution in [2.24, 2.45) is 0 Å². The fraction of sp³-hybridized carbons (Fsp3) is 0.417. The number of benzene rings is 1. The lowest BCUT2D eigenvalue weighted by molar-refractivity contribution is -0.132. The molecule has 1 aliphatic rings. The van der Waals surface area contributed by atoms with Crippen LogP contribution in [-0.4, -0.2) is 46.3 Å². The summed E-state index contributed by atoms with van der Waals surface area (Å²) in [4.78, 5) is 35.7. The Morgan fingerprint density at radius 3 is 2.67 bits per heavy atom. The molecule has 2 heterocycles. The van der Waals surface area contributed by atoms with Crippen LogP contribution in [0.2, 0.25) is 0 Å². The average molecular weight is 405 g/mol. The standard InChI is InChI=1S/C24H28N4O2/c1-3-4-10-22(29)28-15-12-20(13-16-28)23-21(17-26-18(2)27-23)24(30)25-14-11-19-8-6-5-7-9-19/h1,5-9,17,20H,4,10-16H2,2H3,(H,25,30). The van der Waals surface area contributed by atoms with E-state index in [-0.39, 0.29) is 17.7 Å². The predicted octanol–water partition coefficient (Wildman–Crippen LogP) is 2.88. The minimum Gasteiger partial charge on any atom is -0.352 e. The van der Waals surface area contributed by atoms with Gasteiger partial charge in [-0.1, -0.05) is 30.3 Å². The fourth-order valence-corrected chi connectivity index (χ4v) is 3.77. The molecule has 2 amide bonds. The van der Waals surface area contributed by atoms with Gasteiger partial charge in [-0.25, -0.2) is 9.97 Å². The second kappa shape index (κ2) is 10.5. The van der Waals surface area contributed by atoms with Gasteiger partial charge in [-0.05, 0) is 31.7 Å². The van der Waals surface area contributed by atoms with Crippen molar-refractivity contribution < 1.29 is 9.59 Å². The molecule has 0 spiro atoms. The lowest BCUT2D eigenvalue weighted by atomic mass is 9.90. The molecule has 6 heteroatoms. The molecule has 0 radical (unpaired) electrons. The highest BCUT2D eigenvalue weighted by atomic mass is 16.2. The molecule has 1 aromatic heterocycles. The van der Waals surface area contributed by atoms with Crippen LogP contribution in [0.15, 0.2) is 36.5 Å². The molecule has 1 N–H and O–H groups in total. The number of amides is 2. The fourth-order valence-electron chi connectivity index (χ4n) is 3.77. The molecule has 0 atom stereocenters. The highest BCUT2D eigenvalue weighted by molar-refractivity contribution is 5.95. The molecular formula is C24H28N4O2. The van der Waals surface area contributed by atoms with Gasteiger partial charge in [0.2, 0.25) is 5.91 Å². The largest absolute Gasteiger partial charge is 0.352 e. The van der Waals surface area contributed by atoms with Gasteiger partial charge in [0.25, 0.3) is 5.91 Å². The first-order valence-corrected chi connectivity index (χ1v) is 10.5. The van der Waals surface area contributed by atoms with Gasteiger partial charge in [0.05, 0.1) is 11.3 Å². The van der Waals surface area contributed by atoms with E-state index in [0.29, 0.717) is 43.9 Å². The maximum Gasteiger partial charge on any atom is 0.254 e. The SMILES string of the molecule is C#CCCC(=O)N1CCC(c2nc(C)ncc2C(=O)NCCc2ccccc2)CC1. The number of nitrogens with zero attached hydrogens (tertiary/aromatic N) is 3. The molecule has 0 bridgehead atoms. The molecule has 156 valence electrons. The van der Waals surface area contributed by atoms with E-state index in [9.17, 15) is 9.59 Å². The van der Waals surface area contributed by atoms with Gasteiger partial charge in [0, 0.05) is 44.6 Å². The quantitative estimate of drug-likeness (QED) is 0.720. The van der Waals surface area contributed by atoms with Crippen LogP contribution >= 0.6 is 0 Å². The summed E-state index contributed by atoms with van der Waals surface area (Å²) in [6, 6.07) is 10.1.